The van der Waals surface area contributed by atoms with E-state index in [1.165, 1.54) is 6.33 Å². The quantitative estimate of drug-likeness (QED) is 0.294. The number of ether oxygens (including phenoxy) is 1. The summed E-state index contributed by atoms with van der Waals surface area (Å²) < 4.78 is 48.2. The summed E-state index contributed by atoms with van der Waals surface area (Å²) in [4.78, 5) is 18.0. The van der Waals surface area contributed by atoms with Crippen molar-refractivity contribution >= 4 is 11.0 Å². The molecule has 1 saturated heterocycles. The minimum absolute atomic E-state index is 0.0166. The van der Waals surface area contributed by atoms with Crippen LogP contribution in [0.25, 0.3) is 22.3 Å². The van der Waals surface area contributed by atoms with Crippen LogP contribution in [0.4, 0.5) is 13.2 Å². The minimum atomic E-state index is -4.54. The second kappa shape index (κ2) is 11.3. The van der Waals surface area contributed by atoms with Crippen molar-refractivity contribution in [3.05, 3.63) is 54.4 Å². The Hall–Kier alpha value is -4.02. The number of alkyl halides is 3. The molecule has 0 radical (unpaired) electrons. The Balaban J connectivity index is 1.09. The first kappa shape index (κ1) is 28.1. The number of aromatic amines is 1. The smallest absolute Gasteiger partial charge is 0.433 e. The third-order valence-corrected chi connectivity index (χ3v) is 8.35. The molecule has 4 aromatic rings. The maximum absolute atomic E-state index is 13.4. The normalized spacial score (nSPS) is 21.7. The second-order valence-electron chi connectivity index (χ2n) is 11.1. The molecule has 1 aliphatic heterocycles. The van der Waals surface area contributed by atoms with E-state index in [4.69, 9.17) is 4.74 Å². The molecule has 4 aromatic heterocycles. The largest absolute Gasteiger partial charge is 0.474 e. The summed E-state index contributed by atoms with van der Waals surface area (Å²) in [5.74, 6) is 0.0166. The van der Waals surface area contributed by atoms with Gasteiger partial charge in [-0.25, -0.2) is 15.0 Å². The average Bonchev–Trinajstić information content (AvgIpc) is 3.64. The molecule has 220 valence electrons. The zero-order valence-electron chi connectivity index (χ0n) is 23.2. The van der Waals surface area contributed by atoms with Gasteiger partial charge in [-0.3, -0.25) is 9.58 Å². The van der Waals surface area contributed by atoms with E-state index in [1.54, 1.807) is 12.3 Å². The van der Waals surface area contributed by atoms with Gasteiger partial charge in [0.05, 0.1) is 29.9 Å². The summed E-state index contributed by atoms with van der Waals surface area (Å²) in [6, 6.07) is 7.24. The zero-order chi connectivity index (χ0) is 29.3. The first-order valence-corrected chi connectivity index (χ1v) is 14.2. The number of piperidine rings is 1. The van der Waals surface area contributed by atoms with Crippen LogP contribution in [0.5, 0.6) is 5.88 Å². The van der Waals surface area contributed by atoms with Crippen molar-refractivity contribution in [3.63, 3.8) is 0 Å². The molecule has 1 saturated carbocycles. The first-order valence-electron chi connectivity index (χ1n) is 14.2. The van der Waals surface area contributed by atoms with Crippen LogP contribution in [0.1, 0.15) is 50.3 Å². The maximum atomic E-state index is 13.4. The molecule has 2 aliphatic rings. The first-order chi connectivity index (χ1) is 20.3. The molecule has 2 fully saturated rings. The number of fused-ring (bicyclic) bond motifs is 1. The van der Waals surface area contributed by atoms with Gasteiger partial charge in [0.15, 0.2) is 0 Å². The SMILES string of the molecule is CCNCc1cc(OC2CCN([C@H]3C[C@](CC#N)(n4cc(-c5ncnc6[nH]ccc56)cn4)C3)CC2)nc(C(F)(F)F)c1. The van der Waals surface area contributed by atoms with Crippen molar-refractivity contribution in [1.29, 1.82) is 5.26 Å². The predicted molar refractivity (Wildman–Crippen MR) is 148 cm³/mol. The van der Waals surface area contributed by atoms with Gasteiger partial charge in [0.25, 0.3) is 0 Å². The predicted octanol–water partition coefficient (Wildman–Crippen LogP) is 4.66. The Bertz CT molecular complexity index is 1580. The van der Waals surface area contributed by atoms with Gasteiger partial charge in [-0.2, -0.15) is 23.5 Å². The van der Waals surface area contributed by atoms with E-state index in [9.17, 15) is 18.4 Å². The van der Waals surface area contributed by atoms with Gasteiger partial charge in [0, 0.05) is 55.1 Å². The van der Waals surface area contributed by atoms with Gasteiger partial charge < -0.3 is 15.0 Å². The molecule has 13 heteroatoms. The number of pyridine rings is 1. The highest BCUT2D eigenvalue weighted by Crippen LogP contribution is 2.45. The molecule has 1 aliphatic carbocycles. The molecule has 10 nitrogen and oxygen atoms in total. The summed E-state index contributed by atoms with van der Waals surface area (Å²) in [6.07, 6.45) is 5.67. The zero-order valence-corrected chi connectivity index (χ0v) is 23.2. The van der Waals surface area contributed by atoms with E-state index >= 15 is 0 Å². The van der Waals surface area contributed by atoms with Gasteiger partial charge in [0.2, 0.25) is 5.88 Å². The average molecular weight is 580 g/mol. The summed E-state index contributed by atoms with van der Waals surface area (Å²) in [5, 5.41) is 18.3. The lowest BCUT2D eigenvalue weighted by molar-refractivity contribution is -0.141. The van der Waals surface area contributed by atoms with Crippen LogP contribution in [-0.4, -0.2) is 66.4 Å². The number of nitriles is 1. The molecule has 0 bridgehead atoms. The number of likely N-dealkylation sites (tertiary alicyclic amines) is 1. The van der Waals surface area contributed by atoms with Crippen molar-refractivity contribution in [2.45, 2.75) is 69.4 Å². The molecular formula is C29H32F3N9O. The van der Waals surface area contributed by atoms with Gasteiger partial charge >= 0.3 is 6.18 Å². The van der Waals surface area contributed by atoms with E-state index in [0.717, 1.165) is 54.3 Å². The molecule has 42 heavy (non-hydrogen) atoms. The van der Waals surface area contributed by atoms with Crippen molar-refractivity contribution in [1.82, 2.24) is 39.9 Å². The highest BCUT2D eigenvalue weighted by molar-refractivity contribution is 5.90. The van der Waals surface area contributed by atoms with Gasteiger partial charge in [-0.05, 0) is 49.9 Å². The minimum Gasteiger partial charge on any atom is -0.474 e. The van der Waals surface area contributed by atoms with Gasteiger partial charge in [-0.1, -0.05) is 6.92 Å². The highest BCUT2D eigenvalue weighted by Gasteiger charge is 2.49. The summed E-state index contributed by atoms with van der Waals surface area (Å²) in [6.45, 7) is 4.39. The number of halogens is 3. The van der Waals surface area contributed by atoms with Crippen LogP contribution < -0.4 is 10.1 Å². The number of rotatable bonds is 9. The number of nitrogens with zero attached hydrogens (tertiary/aromatic N) is 7. The van der Waals surface area contributed by atoms with Crippen LogP contribution in [0.3, 0.4) is 0 Å². The molecule has 0 atom stereocenters. The summed E-state index contributed by atoms with van der Waals surface area (Å²) in [7, 11) is 0. The lowest BCUT2D eigenvalue weighted by Gasteiger charge is -2.52. The topological polar surface area (TPSA) is 121 Å². The number of hydrogen-bond donors (Lipinski definition) is 2. The third kappa shape index (κ3) is 5.56. The Labute approximate surface area is 240 Å². The number of H-pyrrole nitrogens is 1. The second-order valence-corrected chi connectivity index (χ2v) is 11.1. The molecule has 5 heterocycles. The van der Waals surface area contributed by atoms with Crippen molar-refractivity contribution in [3.8, 4) is 23.2 Å². The van der Waals surface area contributed by atoms with Crippen LogP contribution in [0.2, 0.25) is 0 Å². The van der Waals surface area contributed by atoms with Crippen LogP contribution >= 0.6 is 0 Å². The fourth-order valence-electron chi connectivity index (χ4n) is 6.11. The maximum Gasteiger partial charge on any atom is 0.433 e. The number of aromatic nitrogens is 6. The molecular weight excluding hydrogens is 547 g/mol. The summed E-state index contributed by atoms with van der Waals surface area (Å²) >= 11 is 0. The third-order valence-electron chi connectivity index (χ3n) is 8.35. The number of hydrogen-bond acceptors (Lipinski definition) is 8. The molecule has 6 rings (SSSR count). The van der Waals surface area contributed by atoms with Crippen LogP contribution in [0, 0.1) is 11.3 Å². The Morgan fingerprint density at radius 3 is 2.76 bits per heavy atom. The van der Waals surface area contributed by atoms with E-state index < -0.39 is 11.9 Å². The fraction of sp³-hybridized carbons (Fsp3) is 0.483. The monoisotopic (exact) mass is 579 g/mol. The molecule has 2 N–H and O–H groups in total. The Morgan fingerprint density at radius 2 is 2.02 bits per heavy atom. The lowest BCUT2D eigenvalue weighted by atomic mass is 9.69. The molecule has 0 unspecified atom stereocenters. The van der Waals surface area contributed by atoms with Crippen LogP contribution in [0.15, 0.2) is 43.1 Å². The summed E-state index contributed by atoms with van der Waals surface area (Å²) in [5.41, 5.74) is 1.59. The standard InChI is InChI=1S/C29H32F3N9O/c1-2-34-15-19-11-24(29(30,31)32)39-25(12-19)42-22-4-9-40(10-5-22)21-13-28(14-21,6-7-33)41-17-20(16-38-41)26-23-3-8-35-27(23)37-18-36-26/h3,8,11-12,16-18,21-22,34H,2,4-6,9-10,13-15H2,1H3,(H,35,36,37)/t21-,28-. The van der Waals surface area contributed by atoms with Gasteiger partial charge in [-0.15, -0.1) is 0 Å². The van der Waals surface area contributed by atoms with E-state index in [1.807, 2.05) is 30.1 Å². The highest BCUT2D eigenvalue weighted by atomic mass is 19.4. The van der Waals surface area contributed by atoms with E-state index in [-0.39, 0.29) is 17.5 Å². The Kier molecular flexibility index (Phi) is 7.59. The molecule has 0 spiro atoms. The van der Waals surface area contributed by atoms with Crippen molar-refractivity contribution < 1.29 is 17.9 Å². The fourth-order valence-corrected chi connectivity index (χ4v) is 6.11. The van der Waals surface area contributed by atoms with E-state index in [0.29, 0.717) is 44.0 Å². The Morgan fingerprint density at radius 1 is 1.21 bits per heavy atom. The molecule has 0 aromatic carbocycles. The van der Waals surface area contributed by atoms with Gasteiger partial charge in [0.1, 0.15) is 23.8 Å². The lowest BCUT2D eigenvalue weighted by Crippen LogP contribution is -2.58. The van der Waals surface area contributed by atoms with E-state index in [2.05, 4.69) is 41.3 Å². The number of nitrogens with one attached hydrogen (secondary N) is 2. The van der Waals surface area contributed by atoms with Crippen molar-refractivity contribution in [2.75, 3.05) is 19.6 Å². The molecule has 0 amide bonds. The van der Waals surface area contributed by atoms with Crippen LogP contribution in [-0.2, 0) is 18.3 Å². The van der Waals surface area contributed by atoms with Crippen molar-refractivity contribution in [2.24, 2.45) is 0 Å².